The number of amides is 1. The molecular weight excluding hydrogens is 190 g/mol. The second-order valence-electron chi connectivity index (χ2n) is 4.55. The first-order valence-electron chi connectivity index (χ1n) is 5.77. The Morgan fingerprint density at radius 3 is 2.73 bits per heavy atom. The molecule has 1 amide bonds. The Balaban J connectivity index is 2.52. The Bertz CT molecular complexity index is 218. The number of nitrogens with zero attached hydrogens (tertiary/aromatic N) is 1. The zero-order valence-electron chi connectivity index (χ0n) is 9.99. The molecule has 0 saturated carbocycles. The summed E-state index contributed by atoms with van der Waals surface area (Å²) in [6.45, 7) is 5.98. The highest BCUT2D eigenvalue weighted by Gasteiger charge is 2.28. The number of carbonyl (C=O) groups excluding carboxylic acids is 1. The molecule has 1 aliphatic heterocycles. The molecule has 1 rings (SSSR count). The molecule has 0 aromatic carbocycles. The minimum absolute atomic E-state index is 0.0310. The maximum atomic E-state index is 11.5. The normalized spacial score (nSPS) is 27.1. The van der Waals surface area contributed by atoms with Crippen molar-refractivity contribution in [3.63, 3.8) is 0 Å². The monoisotopic (exact) mass is 213 g/mol. The third-order valence-corrected chi connectivity index (χ3v) is 3.41. The molecule has 4 nitrogen and oxygen atoms in total. The van der Waals surface area contributed by atoms with Gasteiger partial charge in [0.15, 0.2) is 0 Å². The SMILES string of the molecule is CNC(=O)C(C)N1CCCC(C(C)N)C1. The van der Waals surface area contributed by atoms with E-state index in [1.807, 2.05) is 6.92 Å². The van der Waals surface area contributed by atoms with E-state index >= 15 is 0 Å². The number of likely N-dealkylation sites (N-methyl/N-ethyl adjacent to an activating group) is 1. The van der Waals surface area contributed by atoms with Crippen LogP contribution in [0.3, 0.4) is 0 Å². The fourth-order valence-corrected chi connectivity index (χ4v) is 2.20. The smallest absolute Gasteiger partial charge is 0.236 e. The first-order chi connectivity index (χ1) is 7.06. The van der Waals surface area contributed by atoms with Crippen molar-refractivity contribution in [2.75, 3.05) is 20.1 Å². The van der Waals surface area contributed by atoms with E-state index in [0.717, 1.165) is 19.5 Å². The molecule has 1 aliphatic rings. The summed E-state index contributed by atoms with van der Waals surface area (Å²) in [5.74, 6) is 0.631. The Morgan fingerprint density at radius 2 is 2.20 bits per heavy atom. The van der Waals surface area contributed by atoms with Gasteiger partial charge in [0.1, 0.15) is 0 Å². The molecule has 1 saturated heterocycles. The highest BCUT2D eigenvalue weighted by molar-refractivity contribution is 5.80. The van der Waals surface area contributed by atoms with Gasteiger partial charge in [-0.05, 0) is 39.2 Å². The third-order valence-electron chi connectivity index (χ3n) is 3.41. The number of rotatable bonds is 3. The fourth-order valence-electron chi connectivity index (χ4n) is 2.20. The highest BCUT2D eigenvalue weighted by atomic mass is 16.2. The largest absolute Gasteiger partial charge is 0.358 e. The van der Waals surface area contributed by atoms with E-state index in [4.69, 9.17) is 5.73 Å². The number of nitrogens with one attached hydrogen (secondary N) is 1. The first kappa shape index (κ1) is 12.5. The van der Waals surface area contributed by atoms with Gasteiger partial charge in [-0.3, -0.25) is 9.69 Å². The van der Waals surface area contributed by atoms with Crippen LogP contribution in [0.25, 0.3) is 0 Å². The Labute approximate surface area is 92.2 Å². The third kappa shape index (κ3) is 3.18. The van der Waals surface area contributed by atoms with Crippen LogP contribution in [0.1, 0.15) is 26.7 Å². The number of hydrogen-bond donors (Lipinski definition) is 2. The summed E-state index contributed by atoms with van der Waals surface area (Å²) in [5.41, 5.74) is 5.91. The lowest BCUT2D eigenvalue weighted by atomic mass is 9.91. The van der Waals surface area contributed by atoms with E-state index in [-0.39, 0.29) is 18.0 Å². The Hall–Kier alpha value is -0.610. The molecular formula is C11H23N3O. The van der Waals surface area contributed by atoms with Gasteiger partial charge in [0, 0.05) is 19.6 Å². The first-order valence-corrected chi connectivity index (χ1v) is 5.77. The predicted octanol–water partition coefficient (Wildman–Crippen LogP) is 0.180. The lowest BCUT2D eigenvalue weighted by Crippen LogP contribution is -2.50. The van der Waals surface area contributed by atoms with Crippen molar-refractivity contribution < 1.29 is 4.79 Å². The lowest BCUT2D eigenvalue weighted by Gasteiger charge is -2.37. The molecule has 0 aromatic rings. The van der Waals surface area contributed by atoms with Crippen LogP contribution in [0.4, 0.5) is 0 Å². The summed E-state index contributed by atoms with van der Waals surface area (Å²) in [5, 5.41) is 2.69. The molecule has 88 valence electrons. The van der Waals surface area contributed by atoms with Crippen LogP contribution >= 0.6 is 0 Å². The Kier molecular flexibility index (Phi) is 4.54. The Morgan fingerprint density at radius 1 is 1.53 bits per heavy atom. The number of carbonyl (C=O) groups is 1. The van der Waals surface area contributed by atoms with Crippen molar-refractivity contribution in [2.24, 2.45) is 11.7 Å². The van der Waals surface area contributed by atoms with Gasteiger partial charge in [-0.15, -0.1) is 0 Å². The van der Waals surface area contributed by atoms with Gasteiger partial charge in [-0.1, -0.05) is 0 Å². The van der Waals surface area contributed by atoms with Crippen LogP contribution in [0.5, 0.6) is 0 Å². The van der Waals surface area contributed by atoms with Crippen molar-refractivity contribution in [3.05, 3.63) is 0 Å². The minimum atomic E-state index is -0.0310. The molecule has 0 aliphatic carbocycles. The van der Waals surface area contributed by atoms with Gasteiger partial charge in [0.2, 0.25) is 5.91 Å². The van der Waals surface area contributed by atoms with Gasteiger partial charge in [0.25, 0.3) is 0 Å². The van der Waals surface area contributed by atoms with Crippen LogP contribution < -0.4 is 11.1 Å². The standard InChI is InChI=1S/C11H23N3O/c1-8(12)10-5-4-6-14(7-10)9(2)11(15)13-3/h8-10H,4-7,12H2,1-3H3,(H,13,15). The van der Waals surface area contributed by atoms with E-state index in [0.29, 0.717) is 5.92 Å². The molecule has 0 aromatic heterocycles. The predicted molar refractivity (Wildman–Crippen MR) is 61.5 cm³/mol. The van der Waals surface area contributed by atoms with Crippen molar-refractivity contribution >= 4 is 5.91 Å². The number of hydrogen-bond acceptors (Lipinski definition) is 3. The topological polar surface area (TPSA) is 58.4 Å². The molecule has 0 bridgehead atoms. The van der Waals surface area contributed by atoms with Crippen molar-refractivity contribution in [1.29, 1.82) is 0 Å². The highest BCUT2D eigenvalue weighted by Crippen LogP contribution is 2.20. The van der Waals surface area contributed by atoms with Crippen molar-refractivity contribution in [1.82, 2.24) is 10.2 Å². The molecule has 1 heterocycles. The van der Waals surface area contributed by atoms with Gasteiger partial charge < -0.3 is 11.1 Å². The van der Waals surface area contributed by atoms with Crippen LogP contribution in [0.2, 0.25) is 0 Å². The average molecular weight is 213 g/mol. The second kappa shape index (κ2) is 5.47. The summed E-state index contributed by atoms with van der Waals surface area (Å²) in [7, 11) is 1.69. The zero-order valence-corrected chi connectivity index (χ0v) is 9.99. The van der Waals surface area contributed by atoms with E-state index in [9.17, 15) is 4.79 Å². The molecule has 15 heavy (non-hydrogen) atoms. The summed E-state index contributed by atoms with van der Waals surface area (Å²) >= 11 is 0. The number of piperidine rings is 1. The number of likely N-dealkylation sites (tertiary alicyclic amines) is 1. The van der Waals surface area contributed by atoms with Gasteiger partial charge in [-0.2, -0.15) is 0 Å². The van der Waals surface area contributed by atoms with Crippen molar-refractivity contribution in [3.8, 4) is 0 Å². The number of nitrogens with two attached hydrogens (primary N) is 1. The zero-order chi connectivity index (χ0) is 11.4. The molecule has 3 unspecified atom stereocenters. The molecule has 3 atom stereocenters. The van der Waals surface area contributed by atoms with Crippen LogP contribution in [-0.4, -0.2) is 43.0 Å². The average Bonchev–Trinajstić information content (AvgIpc) is 2.27. The van der Waals surface area contributed by atoms with Gasteiger partial charge in [-0.25, -0.2) is 0 Å². The minimum Gasteiger partial charge on any atom is -0.358 e. The summed E-state index contributed by atoms with van der Waals surface area (Å²) in [4.78, 5) is 13.7. The molecule has 4 heteroatoms. The summed E-state index contributed by atoms with van der Waals surface area (Å²) < 4.78 is 0. The summed E-state index contributed by atoms with van der Waals surface area (Å²) in [6.07, 6.45) is 2.34. The maximum Gasteiger partial charge on any atom is 0.236 e. The quantitative estimate of drug-likeness (QED) is 0.703. The van der Waals surface area contributed by atoms with Crippen LogP contribution in [0, 0.1) is 5.92 Å². The molecule has 0 spiro atoms. The lowest BCUT2D eigenvalue weighted by molar-refractivity contribution is -0.126. The van der Waals surface area contributed by atoms with Gasteiger partial charge in [0.05, 0.1) is 6.04 Å². The van der Waals surface area contributed by atoms with E-state index in [2.05, 4.69) is 17.1 Å². The maximum absolute atomic E-state index is 11.5. The molecule has 3 N–H and O–H groups in total. The fraction of sp³-hybridized carbons (Fsp3) is 0.909. The van der Waals surface area contributed by atoms with E-state index < -0.39 is 0 Å². The van der Waals surface area contributed by atoms with Crippen molar-refractivity contribution in [2.45, 2.75) is 38.8 Å². The van der Waals surface area contributed by atoms with E-state index in [1.54, 1.807) is 7.05 Å². The second-order valence-corrected chi connectivity index (χ2v) is 4.55. The van der Waals surface area contributed by atoms with Crippen LogP contribution in [0.15, 0.2) is 0 Å². The van der Waals surface area contributed by atoms with Crippen LogP contribution in [-0.2, 0) is 4.79 Å². The molecule has 0 radical (unpaired) electrons. The van der Waals surface area contributed by atoms with E-state index in [1.165, 1.54) is 6.42 Å². The molecule has 1 fully saturated rings. The van der Waals surface area contributed by atoms with Gasteiger partial charge >= 0.3 is 0 Å². The summed E-state index contributed by atoms with van der Waals surface area (Å²) in [6, 6.07) is 0.196.